The molecule has 0 saturated carbocycles. The summed E-state index contributed by atoms with van der Waals surface area (Å²) in [5, 5.41) is 7.02. The van der Waals surface area contributed by atoms with Crippen molar-refractivity contribution in [3.05, 3.63) is 52.4 Å². The molecule has 1 aromatic carbocycles. The normalized spacial score (nSPS) is 19.5. The number of benzene rings is 1. The topological polar surface area (TPSA) is 55.1 Å². The van der Waals surface area contributed by atoms with Crippen LogP contribution in [0.5, 0.6) is 0 Å². The molecule has 1 aliphatic rings. The number of fused-ring (bicyclic) bond motifs is 1. The van der Waals surface area contributed by atoms with Gasteiger partial charge in [0.25, 0.3) is 5.91 Å². The highest BCUT2D eigenvalue weighted by molar-refractivity contribution is 5.96. The van der Waals surface area contributed by atoms with Crippen LogP contribution in [0.2, 0.25) is 0 Å². The lowest BCUT2D eigenvalue weighted by Gasteiger charge is -2.37. The molecule has 1 heterocycles. The van der Waals surface area contributed by atoms with Crippen molar-refractivity contribution in [1.82, 2.24) is 10.5 Å². The summed E-state index contributed by atoms with van der Waals surface area (Å²) in [5.41, 5.74) is 3.90. The summed E-state index contributed by atoms with van der Waals surface area (Å²) in [6, 6.07) is 8.44. The van der Waals surface area contributed by atoms with Crippen LogP contribution < -0.4 is 5.32 Å². The highest BCUT2D eigenvalue weighted by Crippen LogP contribution is 2.41. The van der Waals surface area contributed by atoms with E-state index >= 15 is 0 Å². The average Bonchev–Trinajstić information content (AvgIpc) is 2.82. The molecule has 0 fully saturated rings. The van der Waals surface area contributed by atoms with Crippen LogP contribution in [0.1, 0.15) is 65.7 Å². The fourth-order valence-electron chi connectivity index (χ4n) is 3.40. The fraction of sp³-hybridized carbons (Fsp3) is 0.444. The minimum atomic E-state index is -0.101. The summed E-state index contributed by atoms with van der Waals surface area (Å²) < 4.78 is 5.10. The molecule has 1 N–H and O–H groups in total. The molecular weight excluding hydrogens is 276 g/mol. The van der Waals surface area contributed by atoms with Gasteiger partial charge in [0.2, 0.25) is 0 Å². The molecule has 0 aliphatic heterocycles. The van der Waals surface area contributed by atoms with Crippen molar-refractivity contribution in [3.63, 3.8) is 0 Å². The smallest absolute Gasteiger partial charge is 0.257 e. The van der Waals surface area contributed by atoms with E-state index in [4.69, 9.17) is 4.52 Å². The lowest BCUT2D eigenvalue weighted by Crippen LogP contribution is -2.36. The quantitative estimate of drug-likeness (QED) is 0.916. The number of carbonyl (C=O) groups is 1. The van der Waals surface area contributed by atoms with Gasteiger partial charge in [0, 0.05) is 0 Å². The Morgan fingerprint density at radius 1 is 1.32 bits per heavy atom. The Morgan fingerprint density at radius 3 is 2.73 bits per heavy atom. The van der Waals surface area contributed by atoms with Crippen LogP contribution in [0.15, 0.2) is 28.8 Å². The number of aryl methyl sites for hydroxylation is 2. The van der Waals surface area contributed by atoms with Crippen LogP contribution in [0.25, 0.3) is 0 Å². The van der Waals surface area contributed by atoms with Crippen LogP contribution in [-0.2, 0) is 5.41 Å². The van der Waals surface area contributed by atoms with E-state index < -0.39 is 0 Å². The minimum Gasteiger partial charge on any atom is -0.361 e. The first kappa shape index (κ1) is 14.8. The van der Waals surface area contributed by atoms with Crippen molar-refractivity contribution in [3.8, 4) is 0 Å². The highest BCUT2D eigenvalue weighted by Gasteiger charge is 2.33. The fourth-order valence-corrected chi connectivity index (χ4v) is 3.40. The highest BCUT2D eigenvalue weighted by atomic mass is 16.5. The van der Waals surface area contributed by atoms with E-state index in [0.717, 1.165) is 12.8 Å². The minimum absolute atomic E-state index is 0.0467. The average molecular weight is 298 g/mol. The third-order valence-electron chi connectivity index (χ3n) is 4.69. The Hall–Kier alpha value is -2.10. The first-order valence-electron chi connectivity index (χ1n) is 7.73. The van der Waals surface area contributed by atoms with Crippen molar-refractivity contribution in [2.24, 2.45) is 0 Å². The molecule has 1 aromatic heterocycles. The number of nitrogens with zero attached hydrogens (tertiary/aromatic N) is 1. The molecule has 4 nitrogen and oxygen atoms in total. The van der Waals surface area contributed by atoms with Crippen LogP contribution in [0, 0.1) is 13.8 Å². The maximum absolute atomic E-state index is 12.6. The maximum Gasteiger partial charge on any atom is 0.257 e. The molecule has 2 aromatic rings. The first-order valence-corrected chi connectivity index (χ1v) is 7.73. The maximum atomic E-state index is 12.6. The second-order valence-electron chi connectivity index (χ2n) is 6.74. The van der Waals surface area contributed by atoms with Crippen LogP contribution in [-0.4, -0.2) is 11.1 Å². The summed E-state index contributed by atoms with van der Waals surface area (Å²) in [7, 11) is 0. The van der Waals surface area contributed by atoms with E-state index in [1.165, 1.54) is 11.1 Å². The standard InChI is InChI=1S/C18H22N2O2/c1-11-16(12(2)22-20-11)17(21)19-15-9-10-18(3,4)14-8-6-5-7-13(14)15/h5-8,15H,9-10H2,1-4H3,(H,19,21). The molecule has 3 rings (SSSR count). The van der Waals surface area contributed by atoms with Gasteiger partial charge in [0.1, 0.15) is 11.3 Å². The van der Waals surface area contributed by atoms with E-state index in [-0.39, 0.29) is 17.4 Å². The van der Waals surface area contributed by atoms with Crippen molar-refractivity contribution >= 4 is 5.91 Å². The van der Waals surface area contributed by atoms with Gasteiger partial charge in [-0.15, -0.1) is 0 Å². The first-order chi connectivity index (χ1) is 10.4. The number of nitrogens with one attached hydrogen (secondary N) is 1. The van der Waals surface area contributed by atoms with Gasteiger partial charge >= 0.3 is 0 Å². The van der Waals surface area contributed by atoms with E-state index in [1.807, 2.05) is 6.07 Å². The van der Waals surface area contributed by atoms with Gasteiger partial charge in [-0.05, 0) is 43.2 Å². The number of carbonyl (C=O) groups excluding carboxylic acids is 1. The summed E-state index contributed by atoms with van der Waals surface area (Å²) >= 11 is 0. The van der Waals surface area contributed by atoms with Gasteiger partial charge < -0.3 is 9.84 Å². The third-order valence-corrected chi connectivity index (χ3v) is 4.69. The number of hydrogen-bond donors (Lipinski definition) is 1. The molecular formula is C18H22N2O2. The second-order valence-corrected chi connectivity index (χ2v) is 6.74. The van der Waals surface area contributed by atoms with Crippen LogP contribution >= 0.6 is 0 Å². The Labute approximate surface area is 130 Å². The van der Waals surface area contributed by atoms with Gasteiger partial charge in [0.05, 0.1) is 11.7 Å². The van der Waals surface area contributed by atoms with Gasteiger partial charge in [-0.3, -0.25) is 4.79 Å². The van der Waals surface area contributed by atoms with Crippen molar-refractivity contribution < 1.29 is 9.32 Å². The van der Waals surface area contributed by atoms with Crippen molar-refractivity contribution in [1.29, 1.82) is 0 Å². The Balaban J connectivity index is 1.90. The molecule has 0 saturated heterocycles. The Kier molecular flexibility index (Phi) is 3.55. The SMILES string of the molecule is Cc1noc(C)c1C(=O)NC1CCC(C)(C)c2ccccc21. The van der Waals surface area contributed by atoms with E-state index in [2.05, 4.69) is 42.5 Å². The summed E-state index contributed by atoms with van der Waals surface area (Å²) in [5.74, 6) is 0.468. The molecule has 1 aliphatic carbocycles. The zero-order valence-corrected chi connectivity index (χ0v) is 13.6. The van der Waals surface area contributed by atoms with Crippen molar-refractivity contribution in [2.45, 2.75) is 52.0 Å². The zero-order valence-electron chi connectivity index (χ0n) is 13.6. The van der Waals surface area contributed by atoms with Crippen LogP contribution in [0.4, 0.5) is 0 Å². The third kappa shape index (κ3) is 2.43. The second kappa shape index (κ2) is 5.27. The predicted octanol–water partition coefficient (Wildman–Crippen LogP) is 3.83. The van der Waals surface area contributed by atoms with Gasteiger partial charge in [0.15, 0.2) is 0 Å². The van der Waals surface area contributed by atoms with E-state index in [9.17, 15) is 4.79 Å². The lowest BCUT2D eigenvalue weighted by atomic mass is 9.71. The molecule has 116 valence electrons. The monoisotopic (exact) mass is 298 g/mol. The molecule has 1 amide bonds. The van der Waals surface area contributed by atoms with E-state index in [1.54, 1.807) is 13.8 Å². The number of hydrogen-bond acceptors (Lipinski definition) is 3. The van der Waals surface area contributed by atoms with Crippen molar-refractivity contribution in [2.75, 3.05) is 0 Å². The molecule has 1 unspecified atom stereocenters. The van der Waals surface area contributed by atoms with E-state index in [0.29, 0.717) is 17.0 Å². The van der Waals surface area contributed by atoms with Crippen LogP contribution in [0.3, 0.4) is 0 Å². The number of aromatic nitrogens is 1. The Bertz CT molecular complexity index is 696. The molecule has 0 spiro atoms. The molecule has 0 bridgehead atoms. The van der Waals surface area contributed by atoms with Gasteiger partial charge in [-0.25, -0.2) is 0 Å². The number of amides is 1. The zero-order chi connectivity index (χ0) is 15.9. The molecule has 4 heteroatoms. The molecule has 22 heavy (non-hydrogen) atoms. The van der Waals surface area contributed by atoms with Gasteiger partial charge in [-0.1, -0.05) is 43.3 Å². The largest absolute Gasteiger partial charge is 0.361 e. The summed E-state index contributed by atoms with van der Waals surface area (Å²) in [6.45, 7) is 8.09. The number of rotatable bonds is 2. The Morgan fingerprint density at radius 2 is 2.05 bits per heavy atom. The van der Waals surface area contributed by atoms with Gasteiger partial charge in [-0.2, -0.15) is 0 Å². The summed E-state index contributed by atoms with van der Waals surface area (Å²) in [6.07, 6.45) is 2.00. The predicted molar refractivity (Wildman–Crippen MR) is 84.9 cm³/mol. The summed E-state index contributed by atoms with van der Waals surface area (Å²) in [4.78, 5) is 12.6. The molecule has 0 radical (unpaired) electrons. The molecule has 1 atom stereocenters. The lowest BCUT2D eigenvalue weighted by molar-refractivity contribution is 0.0927.